The fourth-order valence-electron chi connectivity index (χ4n) is 3.86. The molecule has 1 aliphatic rings. The highest BCUT2D eigenvalue weighted by atomic mass is 32.2. The molecule has 10 heteroatoms. The Balaban J connectivity index is 1.39. The number of rotatable bonds is 6. The van der Waals surface area contributed by atoms with Crippen molar-refractivity contribution in [1.29, 1.82) is 0 Å². The largest absolute Gasteiger partial charge is 0.508 e. The van der Waals surface area contributed by atoms with Gasteiger partial charge >= 0.3 is 0 Å². The average Bonchev–Trinajstić information content (AvgIpc) is 3.24. The number of aryl methyl sites for hydroxylation is 1. The van der Waals surface area contributed by atoms with Crippen molar-refractivity contribution in [1.82, 2.24) is 20.0 Å². The maximum Gasteiger partial charge on any atom is 0.266 e. The molecule has 0 saturated carbocycles. The van der Waals surface area contributed by atoms with E-state index in [9.17, 15) is 19.5 Å². The zero-order valence-electron chi connectivity index (χ0n) is 19.2. The lowest BCUT2D eigenvalue weighted by molar-refractivity contribution is -0.138. The molecule has 4 aromatic rings. The molecule has 182 valence electrons. The molecule has 36 heavy (non-hydrogen) atoms. The van der Waals surface area contributed by atoms with Gasteiger partial charge < -0.3 is 5.11 Å². The quantitative estimate of drug-likeness (QED) is 0.296. The molecule has 2 amide bonds. The SMILES string of the molecule is Cc1ccc(-n2c(SCC(=O)NN3C(=O)CSC3c3ccc(O)cc3)nc3ccccc3c2=O)cc1. The number of aromatic nitrogens is 2. The van der Waals surface area contributed by atoms with Gasteiger partial charge in [-0.05, 0) is 48.9 Å². The maximum atomic E-state index is 13.4. The lowest BCUT2D eigenvalue weighted by Crippen LogP contribution is -2.45. The van der Waals surface area contributed by atoms with Gasteiger partial charge in [0.05, 0.1) is 28.1 Å². The zero-order chi connectivity index (χ0) is 25.2. The molecule has 1 saturated heterocycles. The lowest BCUT2D eigenvalue weighted by atomic mass is 10.2. The number of thioether (sulfide) groups is 2. The number of carbonyl (C=O) groups is 2. The third-order valence-electron chi connectivity index (χ3n) is 5.66. The van der Waals surface area contributed by atoms with Gasteiger partial charge in [0.1, 0.15) is 11.1 Å². The van der Waals surface area contributed by atoms with E-state index in [-0.39, 0.29) is 28.7 Å². The highest BCUT2D eigenvalue weighted by Gasteiger charge is 2.34. The fraction of sp³-hybridized carbons (Fsp3) is 0.154. The molecule has 0 radical (unpaired) electrons. The predicted molar refractivity (Wildman–Crippen MR) is 141 cm³/mol. The van der Waals surface area contributed by atoms with Crippen LogP contribution in [0.3, 0.4) is 0 Å². The van der Waals surface area contributed by atoms with E-state index >= 15 is 0 Å². The smallest absolute Gasteiger partial charge is 0.266 e. The number of hydrogen-bond donors (Lipinski definition) is 2. The third kappa shape index (κ3) is 4.82. The number of para-hydroxylation sites is 1. The first-order valence-corrected chi connectivity index (χ1v) is 13.2. The van der Waals surface area contributed by atoms with Crippen LogP contribution in [0.25, 0.3) is 16.6 Å². The van der Waals surface area contributed by atoms with E-state index < -0.39 is 11.3 Å². The number of nitrogens with one attached hydrogen (secondary N) is 1. The van der Waals surface area contributed by atoms with Gasteiger partial charge in [0.15, 0.2) is 5.16 Å². The van der Waals surface area contributed by atoms with Crippen molar-refractivity contribution in [3.63, 3.8) is 0 Å². The van der Waals surface area contributed by atoms with Crippen molar-refractivity contribution in [2.45, 2.75) is 17.5 Å². The van der Waals surface area contributed by atoms with Crippen molar-refractivity contribution in [2.75, 3.05) is 11.5 Å². The topological polar surface area (TPSA) is 105 Å². The normalized spacial score (nSPS) is 15.4. The second kappa shape index (κ2) is 10.1. The highest BCUT2D eigenvalue weighted by Crippen LogP contribution is 2.37. The number of hydrogen-bond acceptors (Lipinski definition) is 7. The molecule has 2 heterocycles. The summed E-state index contributed by atoms with van der Waals surface area (Å²) < 4.78 is 1.51. The standard InChI is InChI=1S/C26H22N4O4S2/c1-16-6-10-18(11-7-16)29-24(34)20-4-2-3-5-21(20)27-26(29)36-14-22(32)28-30-23(33)15-35-25(30)17-8-12-19(31)13-9-17/h2-13,25,31H,14-15H2,1H3,(H,28,32). The van der Waals surface area contributed by atoms with Crippen LogP contribution in [0.5, 0.6) is 5.75 Å². The van der Waals surface area contributed by atoms with Gasteiger partial charge in [-0.2, -0.15) is 0 Å². The number of hydrazine groups is 1. The number of benzene rings is 3. The van der Waals surface area contributed by atoms with E-state index in [2.05, 4.69) is 10.4 Å². The number of phenols is 1. The summed E-state index contributed by atoms with van der Waals surface area (Å²) in [4.78, 5) is 43.4. The first-order valence-electron chi connectivity index (χ1n) is 11.1. The van der Waals surface area contributed by atoms with E-state index in [1.165, 1.54) is 21.3 Å². The molecule has 1 aromatic heterocycles. The van der Waals surface area contributed by atoms with E-state index in [1.807, 2.05) is 37.3 Å². The Bertz CT molecular complexity index is 1500. The van der Waals surface area contributed by atoms with Crippen LogP contribution in [0, 0.1) is 6.92 Å². The van der Waals surface area contributed by atoms with Gasteiger partial charge in [0.25, 0.3) is 11.5 Å². The summed E-state index contributed by atoms with van der Waals surface area (Å²) in [7, 11) is 0. The van der Waals surface area contributed by atoms with Gasteiger partial charge in [-0.1, -0.05) is 53.7 Å². The van der Waals surface area contributed by atoms with Gasteiger partial charge in [0, 0.05) is 0 Å². The Labute approximate surface area is 215 Å². The summed E-state index contributed by atoms with van der Waals surface area (Å²) >= 11 is 2.52. The van der Waals surface area contributed by atoms with Gasteiger partial charge in [-0.15, -0.1) is 11.8 Å². The summed E-state index contributed by atoms with van der Waals surface area (Å²) in [5, 5.41) is 11.4. The summed E-state index contributed by atoms with van der Waals surface area (Å²) in [5.74, 6) is -0.289. The average molecular weight is 519 g/mol. The molecule has 1 fully saturated rings. The van der Waals surface area contributed by atoms with E-state index in [1.54, 1.807) is 42.5 Å². The van der Waals surface area contributed by atoms with E-state index in [0.29, 0.717) is 21.7 Å². The van der Waals surface area contributed by atoms with Gasteiger partial charge in [-0.25, -0.2) is 9.99 Å². The van der Waals surface area contributed by atoms with Crippen LogP contribution in [-0.2, 0) is 9.59 Å². The molecule has 8 nitrogen and oxygen atoms in total. The third-order valence-corrected chi connectivity index (χ3v) is 7.81. The molecular weight excluding hydrogens is 496 g/mol. The van der Waals surface area contributed by atoms with Gasteiger partial charge in [0.2, 0.25) is 5.91 Å². The summed E-state index contributed by atoms with van der Waals surface area (Å²) in [6, 6.07) is 21.2. The maximum absolute atomic E-state index is 13.4. The summed E-state index contributed by atoms with van der Waals surface area (Å²) in [6.07, 6.45) is 0. The van der Waals surface area contributed by atoms with Crippen LogP contribution in [0.15, 0.2) is 82.7 Å². The molecule has 5 rings (SSSR count). The Morgan fingerprint density at radius 2 is 1.81 bits per heavy atom. The Kier molecular flexibility index (Phi) is 6.71. The number of aromatic hydroxyl groups is 1. The van der Waals surface area contributed by atoms with E-state index in [0.717, 1.165) is 22.9 Å². The fourth-order valence-corrected chi connectivity index (χ4v) is 5.77. The molecule has 0 spiro atoms. The minimum absolute atomic E-state index is 0.0482. The minimum atomic E-state index is -0.392. The molecule has 1 unspecified atom stereocenters. The van der Waals surface area contributed by atoms with Crippen LogP contribution in [0.2, 0.25) is 0 Å². The van der Waals surface area contributed by atoms with Crippen molar-refractivity contribution in [3.8, 4) is 11.4 Å². The molecule has 3 aromatic carbocycles. The molecule has 1 aliphatic heterocycles. The zero-order valence-corrected chi connectivity index (χ0v) is 20.9. The van der Waals surface area contributed by atoms with Crippen molar-refractivity contribution in [2.24, 2.45) is 0 Å². The number of fused-ring (bicyclic) bond motifs is 1. The predicted octanol–water partition coefficient (Wildman–Crippen LogP) is 3.80. The van der Waals surface area contributed by atoms with Crippen LogP contribution in [0.1, 0.15) is 16.5 Å². The second-order valence-electron chi connectivity index (χ2n) is 8.23. The monoisotopic (exact) mass is 518 g/mol. The van der Waals surface area contributed by atoms with Gasteiger partial charge in [-0.3, -0.25) is 24.4 Å². The highest BCUT2D eigenvalue weighted by molar-refractivity contribution is 8.00. The van der Waals surface area contributed by atoms with Crippen molar-refractivity contribution < 1.29 is 14.7 Å². The van der Waals surface area contributed by atoms with E-state index in [4.69, 9.17) is 0 Å². The minimum Gasteiger partial charge on any atom is -0.508 e. The van der Waals surface area contributed by atoms with Crippen LogP contribution in [0.4, 0.5) is 0 Å². The Morgan fingerprint density at radius 3 is 2.56 bits per heavy atom. The number of amides is 2. The van der Waals surface area contributed by atoms with Crippen LogP contribution >= 0.6 is 23.5 Å². The molecule has 0 aliphatic carbocycles. The second-order valence-corrected chi connectivity index (χ2v) is 10.2. The Hall–Kier alpha value is -3.76. The Morgan fingerprint density at radius 1 is 1.08 bits per heavy atom. The van der Waals surface area contributed by atoms with Crippen molar-refractivity contribution >= 4 is 46.2 Å². The first-order chi connectivity index (χ1) is 17.4. The molecule has 0 bridgehead atoms. The van der Waals surface area contributed by atoms with Crippen LogP contribution < -0.4 is 11.0 Å². The molecular formula is C26H22N4O4S2. The number of phenolic OH excluding ortho intramolecular Hbond substituents is 1. The number of nitrogens with zero attached hydrogens (tertiary/aromatic N) is 3. The summed E-state index contributed by atoms with van der Waals surface area (Å²) in [6.45, 7) is 1.97. The lowest BCUT2D eigenvalue weighted by Gasteiger charge is -2.24. The number of carbonyl (C=O) groups excluding carboxylic acids is 2. The summed E-state index contributed by atoms with van der Waals surface area (Å²) in [5.41, 5.74) is 5.55. The molecule has 2 N–H and O–H groups in total. The van der Waals surface area contributed by atoms with Crippen LogP contribution in [-0.4, -0.2) is 43.0 Å². The first kappa shape index (κ1) is 24.0. The van der Waals surface area contributed by atoms with Crippen molar-refractivity contribution in [3.05, 3.63) is 94.3 Å². The molecule has 1 atom stereocenters.